The Balaban J connectivity index is 1.60. The molecule has 1 aromatic carbocycles. The van der Waals surface area contributed by atoms with Crippen molar-refractivity contribution in [3.05, 3.63) is 34.9 Å². The summed E-state index contributed by atoms with van der Waals surface area (Å²) in [5, 5.41) is 21.6. The quantitative estimate of drug-likeness (QED) is 0.856. The first kappa shape index (κ1) is 16.7. The van der Waals surface area contributed by atoms with Crippen LogP contribution in [-0.2, 0) is 11.2 Å². The van der Waals surface area contributed by atoms with Crippen LogP contribution in [-0.4, -0.2) is 70.3 Å². The van der Waals surface area contributed by atoms with Gasteiger partial charge >= 0.3 is 0 Å². The van der Waals surface area contributed by atoms with Crippen LogP contribution in [0.4, 0.5) is 0 Å². The van der Waals surface area contributed by atoms with Gasteiger partial charge in [0.15, 0.2) is 0 Å². The number of nitrogens with zero attached hydrogens (tertiary/aromatic N) is 2. The molecule has 2 heterocycles. The number of carbonyl (C=O) groups excluding carboxylic acids is 1. The molecule has 0 aromatic heterocycles. The monoisotopic (exact) mass is 338 g/mol. The highest BCUT2D eigenvalue weighted by atomic mass is 35.5. The van der Waals surface area contributed by atoms with Crippen molar-refractivity contribution in [3.8, 4) is 0 Å². The summed E-state index contributed by atoms with van der Waals surface area (Å²) >= 11 is 5.85. The van der Waals surface area contributed by atoms with Crippen LogP contribution in [0, 0.1) is 0 Å². The van der Waals surface area contributed by atoms with Crippen LogP contribution in [0.15, 0.2) is 24.3 Å². The summed E-state index contributed by atoms with van der Waals surface area (Å²) in [4.78, 5) is 16.2. The lowest BCUT2D eigenvalue weighted by Gasteiger charge is -2.30. The van der Waals surface area contributed by atoms with Crippen LogP contribution in [0.1, 0.15) is 18.4 Å². The fraction of sp³-hybridized carbons (Fsp3) is 0.588. The van der Waals surface area contributed by atoms with E-state index >= 15 is 0 Å². The average molecular weight is 339 g/mol. The Morgan fingerprint density at radius 1 is 1.26 bits per heavy atom. The Labute approximate surface area is 141 Å². The number of amides is 1. The lowest BCUT2D eigenvalue weighted by Crippen LogP contribution is -2.51. The van der Waals surface area contributed by atoms with Crippen molar-refractivity contribution >= 4 is 17.5 Å². The van der Waals surface area contributed by atoms with Gasteiger partial charge in [0.25, 0.3) is 0 Å². The van der Waals surface area contributed by atoms with E-state index in [2.05, 4.69) is 4.90 Å². The van der Waals surface area contributed by atoms with Gasteiger partial charge in [-0.05, 0) is 43.6 Å². The molecule has 2 fully saturated rings. The van der Waals surface area contributed by atoms with E-state index < -0.39 is 11.7 Å². The summed E-state index contributed by atoms with van der Waals surface area (Å²) < 4.78 is 0. The Hall–Kier alpha value is -1.14. The molecule has 1 amide bonds. The molecular formula is C17H23ClN2O3. The van der Waals surface area contributed by atoms with Crippen molar-refractivity contribution in [1.29, 1.82) is 0 Å². The molecule has 2 N–H and O–H groups in total. The van der Waals surface area contributed by atoms with Crippen LogP contribution in [0.2, 0.25) is 5.02 Å². The van der Waals surface area contributed by atoms with E-state index in [0.29, 0.717) is 11.6 Å². The summed E-state index contributed by atoms with van der Waals surface area (Å²) in [6.07, 6.45) is 1.62. The van der Waals surface area contributed by atoms with E-state index in [9.17, 15) is 15.0 Å². The smallest absolute Gasteiger partial charge is 0.227 e. The summed E-state index contributed by atoms with van der Waals surface area (Å²) in [7, 11) is 0. The third kappa shape index (κ3) is 3.86. The maximum absolute atomic E-state index is 12.4. The van der Waals surface area contributed by atoms with Gasteiger partial charge in [-0.25, -0.2) is 0 Å². The number of hydrogen-bond donors (Lipinski definition) is 2. The molecule has 2 saturated heterocycles. The summed E-state index contributed by atoms with van der Waals surface area (Å²) in [6, 6.07) is 7.16. The maximum Gasteiger partial charge on any atom is 0.227 e. The van der Waals surface area contributed by atoms with Gasteiger partial charge in [-0.3, -0.25) is 4.79 Å². The molecule has 126 valence electrons. The molecule has 0 spiro atoms. The molecule has 2 aliphatic heterocycles. The van der Waals surface area contributed by atoms with Crippen LogP contribution < -0.4 is 0 Å². The number of halogens is 1. The van der Waals surface area contributed by atoms with Crippen molar-refractivity contribution in [3.63, 3.8) is 0 Å². The minimum absolute atomic E-state index is 0.0799. The van der Waals surface area contributed by atoms with Crippen LogP contribution in [0.25, 0.3) is 0 Å². The number of benzene rings is 1. The van der Waals surface area contributed by atoms with E-state index in [4.69, 9.17) is 11.6 Å². The van der Waals surface area contributed by atoms with E-state index in [1.54, 1.807) is 17.0 Å². The summed E-state index contributed by atoms with van der Waals surface area (Å²) in [6.45, 7) is 2.72. The fourth-order valence-corrected chi connectivity index (χ4v) is 3.57. The van der Waals surface area contributed by atoms with E-state index in [1.165, 1.54) is 0 Å². The topological polar surface area (TPSA) is 64.0 Å². The molecule has 0 bridgehead atoms. The fourth-order valence-electron chi connectivity index (χ4n) is 3.44. The summed E-state index contributed by atoms with van der Waals surface area (Å²) in [5.41, 5.74) is -0.344. The third-order valence-electron chi connectivity index (χ3n) is 4.80. The van der Waals surface area contributed by atoms with Crippen molar-refractivity contribution in [2.75, 3.05) is 32.7 Å². The van der Waals surface area contributed by atoms with Gasteiger partial charge in [-0.15, -0.1) is 0 Å². The van der Waals surface area contributed by atoms with Crippen molar-refractivity contribution in [2.24, 2.45) is 0 Å². The van der Waals surface area contributed by atoms with Gasteiger partial charge in [-0.2, -0.15) is 0 Å². The number of hydrogen-bond acceptors (Lipinski definition) is 4. The lowest BCUT2D eigenvalue weighted by atomic mass is 10.00. The SMILES string of the molecule is O=C(Cc1ccc(Cl)cc1)N1C[C@@H](O)[C@](O)(CN2CCCC2)C1. The van der Waals surface area contributed by atoms with Crippen molar-refractivity contribution in [1.82, 2.24) is 9.80 Å². The predicted octanol–water partition coefficient (Wildman–Crippen LogP) is 0.912. The first-order chi connectivity index (χ1) is 11.0. The van der Waals surface area contributed by atoms with E-state index in [-0.39, 0.29) is 25.4 Å². The zero-order valence-electron chi connectivity index (χ0n) is 13.1. The summed E-state index contributed by atoms with van der Waals surface area (Å²) in [5.74, 6) is -0.0799. The van der Waals surface area contributed by atoms with Gasteiger partial charge in [0.05, 0.1) is 13.0 Å². The zero-order valence-corrected chi connectivity index (χ0v) is 13.9. The molecule has 6 heteroatoms. The van der Waals surface area contributed by atoms with Gasteiger partial charge in [-0.1, -0.05) is 23.7 Å². The predicted molar refractivity (Wildman–Crippen MR) is 88.4 cm³/mol. The average Bonchev–Trinajstić information content (AvgIpc) is 3.11. The molecule has 3 rings (SSSR count). The molecule has 2 atom stereocenters. The Bertz CT molecular complexity index is 559. The molecular weight excluding hydrogens is 316 g/mol. The number of aliphatic hydroxyl groups excluding tert-OH is 1. The Kier molecular flexibility index (Phi) is 4.92. The highest BCUT2D eigenvalue weighted by Gasteiger charge is 2.47. The number of carbonyl (C=O) groups is 1. The van der Waals surface area contributed by atoms with E-state index in [0.717, 1.165) is 31.5 Å². The first-order valence-electron chi connectivity index (χ1n) is 8.11. The molecule has 5 nitrogen and oxygen atoms in total. The first-order valence-corrected chi connectivity index (χ1v) is 8.49. The largest absolute Gasteiger partial charge is 0.388 e. The van der Waals surface area contributed by atoms with Crippen LogP contribution in [0.3, 0.4) is 0 Å². The Morgan fingerprint density at radius 2 is 1.91 bits per heavy atom. The number of likely N-dealkylation sites (tertiary alicyclic amines) is 2. The number of aliphatic hydroxyl groups is 2. The second-order valence-corrected chi connectivity index (χ2v) is 7.12. The molecule has 0 saturated carbocycles. The minimum atomic E-state index is -1.22. The number of β-amino-alcohol motifs (C(OH)–C–C–N with tert-alkyl or cyclic N) is 2. The zero-order chi connectivity index (χ0) is 16.4. The van der Waals surface area contributed by atoms with Crippen molar-refractivity contribution in [2.45, 2.75) is 31.0 Å². The molecule has 23 heavy (non-hydrogen) atoms. The highest BCUT2D eigenvalue weighted by Crippen LogP contribution is 2.25. The lowest BCUT2D eigenvalue weighted by molar-refractivity contribution is -0.130. The second kappa shape index (κ2) is 6.77. The van der Waals surface area contributed by atoms with Gasteiger partial charge in [0.1, 0.15) is 11.7 Å². The molecule has 0 aliphatic carbocycles. The normalized spacial score (nSPS) is 28.5. The number of rotatable bonds is 4. The molecule has 1 aromatic rings. The van der Waals surface area contributed by atoms with E-state index in [1.807, 2.05) is 12.1 Å². The molecule has 2 aliphatic rings. The maximum atomic E-state index is 12.4. The second-order valence-electron chi connectivity index (χ2n) is 6.68. The van der Waals surface area contributed by atoms with Gasteiger partial charge < -0.3 is 20.0 Å². The van der Waals surface area contributed by atoms with Crippen LogP contribution in [0.5, 0.6) is 0 Å². The third-order valence-corrected chi connectivity index (χ3v) is 5.05. The van der Waals surface area contributed by atoms with Crippen LogP contribution >= 0.6 is 11.6 Å². The Morgan fingerprint density at radius 3 is 2.57 bits per heavy atom. The minimum Gasteiger partial charge on any atom is -0.388 e. The van der Waals surface area contributed by atoms with Gasteiger partial charge in [0, 0.05) is 18.1 Å². The standard InChI is InChI=1S/C17H23ClN2O3/c18-14-5-3-13(4-6-14)9-16(22)20-10-15(21)17(23,12-20)11-19-7-1-2-8-19/h3-6,15,21,23H,1-2,7-12H2/t15-,17+/m1/s1. The highest BCUT2D eigenvalue weighted by molar-refractivity contribution is 6.30. The van der Waals surface area contributed by atoms with Gasteiger partial charge in [0.2, 0.25) is 5.91 Å². The molecule has 0 unspecified atom stereocenters. The molecule has 0 radical (unpaired) electrons. The van der Waals surface area contributed by atoms with Crippen molar-refractivity contribution < 1.29 is 15.0 Å².